The Balaban J connectivity index is 2.13. The second kappa shape index (κ2) is 4.70. The third-order valence-electron chi connectivity index (χ3n) is 2.29. The normalized spacial score (nSPS) is 12.4. The maximum Gasteiger partial charge on any atom is 0.0955 e. The third kappa shape index (κ3) is 2.53. The second-order valence-electron chi connectivity index (χ2n) is 3.40. The molecular formula is C12H12INO. The van der Waals surface area contributed by atoms with Crippen LogP contribution in [0.5, 0.6) is 0 Å². The van der Waals surface area contributed by atoms with Gasteiger partial charge in [-0.05, 0) is 47.7 Å². The van der Waals surface area contributed by atoms with E-state index in [1.807, 2.05) is 18.2 Å². The number of para-hydroxylation sites is 1. The maximum absolute atomic E-state index is 5.06. The minimum absolute atomic E-state index is 0.264. The van der Waals surface area contributed by atoms with Gasteiger partial charge in [-0.15, -0.1) is 0 Å². The van der Waals surface area contributed by atoms with Crippen molar-refractivity contribution in [2.24, 2.45) is 0 Å². The summed E-state index contributed by atoms with van der Waals surface area (Å²) >= 11 is 2.33. The van der Waals surface area contributed by atoms with Crippen LogP contribution in [-0.4, -0.2) is 0 Å². The number of anilines is 1. The maximum atomic E-state index is 5.06. The van der Waals surface area contributed by atoms with Crippen LogP contribution in [0.1, 0.15) is 18.5 Å². The van der Waals surface area contributed by atoms with Crippen LogP contribution >= 0.6 is 22.6 Å². The van der Waals surface area contributed by atoms with Gasteiger partial charge in [-0.25, -0.2) is 0 Å². The molecule has 0 aliphatic heterocycles. The van der Waals surface area contributed by atoms with Gasteiger partial charge in [0.25, 0.3) is 0 Å². The van der Waals surface area contributed by atoms with Gasteiger partial charge in [-0.1, -0.05) is 12.1 Å². The predicted octanol–water partition coefficient (Wildman–Crippen LogP) is 4.06. The molecule has 0 saturated heterocycles. The van der Waals surface area contributed by atoms with Crippen LogP contribution in [0.25, 0.3) is 0 Å². The van der Waals surface area contributed by atoms with Crippen LogP contribution in [0, 0.1) is 3.57 Å². The van der Waals surface area contributed by atoms with E-state index in [2.05, 4.69) is 47.0 Å². The summed E-state index contributed by atoms with van der Waals surface area (Å²) in [5, 5.41) is 3.45. The molecule has 1 atom stereocenters. The first-order chi connectivity index (χ1) is 7.27. The van der Waals surface area contributed by atoms with Crippen molar-refractivity contribution in [2.75, 3.05) is 5.32 Å². The van der Waals surface area contributed by atoms with Gasteiger partial charge >= 0.3 is 0 Å². The van der Waals surface area contributed by atoms with Crippen molar-refractivity contribution < 1.29 is 4.42 Å². The lowest BCUT2D eigenvalue weighted by molar-refractivity contribution is 0.562. The number of nitrogens with one attached hydrogen (secondary N) is 1. The van der Waals surface area contributed by atoms with E-state index in [0.717, 1.165) is 11.3 Å². The Morgan fingerprint density at radius 3 is 2.73 bits per heavy atom. The van der Waals surface area contributed by atoms with Gasteiger partial charge in [-0.2, -0.15) is 0 Å². The summed E-state index contributed by atoms with van der Waals surface area (Å²) in [5.41, 5.74) is 2.32. The fourth-order valence-electron chi connectivity index (χ4n) is 1.42. The van der Waals surface area contributed by atoms with Crippen molar-refractivity contribution >= 4 is 28.3 Å². The van der Waals surface area contributed by atoms with Crippen molar-refractivity contribution in [1.29, 1.82) is 0 Å². The third-order valence-corrected chi connectivity index (χ3v) is 3.23. The lowest BCUT2D eigenvalue weighted by Crippen LogP contribution is -2.06. The number of hydrogen-bond acceptors (Lipinski definition) is 2. The molecule has 3 heteroatoms. The van der Waals surface area contributed by atoms with Crippen LogP contribution in [0.2, 0.25) is 0 Å². The molecule has 0 radical (unpaired) electrons. The molecule has 2 aromatic rings. The van der Waals surface area contributed by atoms with Crippen LogP contribution in [0.15, 0.2) is 47.3 Å². The zero-order chi connectivity index (χ0) is 10.7. The molecule has 0 aliphatic carbocycles. The summed E-state index contributed by atoms with van der Waals surface area (Å²) in [6, 6.07) is 10.5. The minimum Gasteiger partial charge on any atom is -0.472 e. The molecule has 2 nitrogen and oxygen atoms in total. The van der Waals surface area contributed by atoms with Gasteiger partial charge < -0.3 is 9.73 Å². The summed E-state index contributed by atoms with van der Waals surface area (Å²) in [6.45, 7) is 2.12. The van der Waals surface area contributed by atoms with E-state index in [4.69, 9.17) is 4.42 Å². The Morgan fingerprint density at radius 1 is 1.27 bits per heavy atom. The van der Waals surface area contributed by atoms with Gasteiger partial charge in [0.1, 0.15) is 0 Å². The smallest absolute Gasteiger partial charge is 0.0955 e. The molecule has 2 rings (SSSR count). The van der Waals surface area contributed by atoms with E-state index < -0.39 is 0 Å². The highest BCUT2D eigenvalue weighted by Crippen LogP contribution is 2.23. The lowest BCUT2D eigenvalue weighted by Gasteiger charge is -2.14. The SMILES string of the molecule is CC(Nc1ccccc1I)c1ccoc1. The topological polar surface area (TPSA) is 25.2 Å². The summed E-state index contributed by atoms with van der Waals surface area (Å²) in [5.74, 6) is 0. The van der Waals surface area contributed by atoms with Gasteiger partial charge in [0.2, 0.25) is 0 Å². The molecule has 1 heterocycles. The number of rotatable bonds is 3. The Morgan fingerprint density at radius 2 is 2.07 bits per heavy atom. The summed E-state index contributed by atoms with van der Waals surface area (Å²) in [7, 11) is 0. The molecule has 0 bridgehead atoms. The fraction of sp³-hybridized carbons (Fsp3) is 0.167. The van der Waals surface area contributed by atoms with E-state index in [0.29, 0.717) is 0 Å². The van der Waals surface area contributed by atoms with E-state index in [1.54, 1.807) is 12.5 Å². The average molecular weight is 313 g/mol. The lowest BCUT2D eigenvalue weighted by atomic mass is 10.1. The van der Waals surface area contributed by atoms with Crippen molar-refractivity contribution in [3.05, 3.63) is 52.0 Å². The average Bonchev–Trinajstić information content (AvgIpc) is 2.74. The van der Waals surface area contributed by atoms with E-state index in [9.17, 15) is 0 Å². The monoisotopic (exact) mass is 313 g/mol. The molecule has 0 amide bonds. The molecule has 78 valence electrons. The number of benzene rings is 1. The van der Waals surface area contributed by atoms with Crippen molar-refractivity contribution in [3.63, 3.8) is 0 Å². The van der Waals surface area contributed by atoms with Crippen molar-refractivity contribution in [1.82, 2.24) is 0 Å². The zero-order valence-electron chi connectivity index (χ0n) is 8.41. The first-order valence-corrected chi connectivity index (χ1v) is 5.88. The Hall–Kier alpha value is -0.970. The quantitative estimate of drug-likeness (QED) is 0.865. The van der Waals surface area contributed by atoms with Gasteiger partial charge in [0.15, 0.2) is 0 Å². The molecule has 1 N–H and O–H groups in total. The van der Waals surface area contributed by atoms with Gasteiger partial charge in [-0.3, -0.25) is 0 Å². The molecular weight excluding hydrogens is 301 g/mol. The zero-order valence-corrected chi connectivity index (χ0v) is 10.6. The van der Waals surface area contributed by atoms with E-state index in [-0.39, 0.29) is 6.04 Å². The Labute approximate surface area is 103 Å². The first-order valence-electron chi connectivity index (χ1n) is 4.80. The van der Waals surface area contributed by atoms with Crippen LogP contribution in [0.4, 0.5) is 5.69 Å². The summed E-state index contributed by atoms with van der Waals surface area (Å²) in [6.07, 6.45) is 3.47. The molecule has 1 unspecified atom stereocenters. The second-order valence-corrected chi connectivity index (χ2v) is 4.56. The molecule has 1 aromatic heterocycles. The minimum atomic E-state index is 0.264. The number of furan rings is 1. The van der Waals surface area contributed by atoms with Gasteiger partial charge in [0, 0.05) is 14.8 Å². The highest BCUT2D eigenvalue weighted by molar-refractivity contribution is 14.1. The number of hydrogen-bond donors (Lipinski definition) is 1. The van der Waals surface area contributed by atoms with E-state index >= 15 is 0 Å². The Bertz CT molecular complexity index is 425. The summed E-state index contributed by atoms with van der Waals surface area (Å²) < 4.78 is 6.29. The van der Waals surface area contributed by atoms with Crippen LogP contribution in [0.3, 0.4) is 0 Å². The Kier molecular flexibility index (Phi) is 3.30. The van der Waals surface area contributed by atoms with E-state index in [1.165, 1.54) is 3.57 Å². The molecule has 0 aliphatic rings. The fourth-order valence-corrected chi connectivity index (χ4v) is 1.96. The summed E-state index contributed by atoms with van der Waals surface area (Å²) in [4.78, 5) is 0. The van der Waals surface area contributed by atoms with Crippen LogP contribution in [-0.2, 0) is 0 Å². The largest absolute Gasteiger partial charge is 0.472 e. The molecule has 1 aromatic carbocycles. The highest BCUT2D eigenvalue weighted by atomic mass is 127. The van der Waals surface area contributed by atoms with Crippen molar-refractivity contribution in [3.8, 4) is 0 Å². The molecule has 0 spiro atoms. The number of halogens is 1. The van der Waals surface area contributed by atoms with Crippen LogP contribution < -0.4 is 5.32 Å². The van der Waals surface area contributed by atoms with Crippen molar-refractivity contribution in [2.45, 2.75) is 13.0 Å². The van der Waals surface area contributed by atoms with Gasteiger partial charge in [0.05, 0.1) is 18.6 Å². The first kappa shape index (κ1) is 10.5. The standard InChI is InChI=1S/C12H12INO/c1-9(10-6-7-15-8-10)14-12-5-3-2-4-11(12)13/h2-9,14H,1H3. The highest BCUT2D eigenvalue weighted by Gasteiger charge is 2.07. The molecule has 0 saturated carbocycles. The molecule has 15 heavy (non-hydrogen) atoms. The predicted molar refractivity (Wildman–Crippen MR) is 69.9 cm³/mol. The molecule has 0 fully saturated rings.